The molecular formula is C15H15ClN2O3S. The Kier molecular flexibility index (Phi) is 5.54. The first-order valence-corrected chi connectivity index (χ1v) is 7.83. The van der Waals surface area contributed by atoms with Crippen molar-refractivity contribution in [1.82, 2.24) is 5.32 Å². The molecule has 1 heterocycles. The molecule has 7 heteroatoms. The zero-order valence-electron chi connectivity index (χ0n) is 11.8. The third-order valence-corrected chi connectivity index (χ3v) is 4.07. The lowest BCUT2D eigenvalue weighted by atomic mass is 10.1. The van der Waals surface area contributed by atoms with Crippen molar-refractivity contribution in [2.75, 3.05) is 11.9 Å². The van der Waals surface area contributed by atoms with Gasteiger partial charge in [0, 0.05) is 11.6 Å². The van der Waals surface area contributed by atoms with Crippen LogP contribution in [0.25, 0.3) is 0 Å². The van der Waals surface area contributed by atoms with E-state index in [1.807, 2.05) is 0 Å². The summed E-state index contributed by atoms with van der Waals surface area (Å²) in [6.07, 6.45) is 0. The van der Waals surface area contributed by atoms with Gasteiger partial charge in [-0.3, -0.25) is 9.59 Å². The van der Waals surface area contributed by atoms with Crippen LogP contribution < -0.4 is 10.6 Å². The largest absolute Gasteiger partial charge is 0.394 e. The topological polar surface area (TPSA) is 78.4 Å². The van der Waals surface area contributed by atoms with Crippen LogP contribution in [-0.2, 0) is 0 Å². The van der Waals surface area contributed by atoms with Gasteiger partial charge in [0.1, 0.15) is 0 Å². The summed E-state index contributed by atoms with van der Waals surface area (Å²) < 4.78 is 0. The minimum Gasteiger partial charge on any atom is -0.394 e. The van der Waals surface area contributed by atoms with E-state index in [2.05, 4.69) is 10.6 Å². The quantitative estimate of drug-likeness (QED) is 0.784. The Hall–Kier alpha value is -1.89. The Morgan fingerprint density at radius 1 is 1.32 bits per heavy atom. The third kappa shape index (κ3) is 4.07. The summed E-state index contributed by atoms with van der Waals surface area (Å²) in [7, 11) is 0. The number of nitrogens with one attached hydrogen (secondary N) is 2. The molecule has 1 aromatic carbocycles. The highest BCUT2D eigenvalue weighted by molar-refractivity contribution is 7.12. The van der Waals surface area contributed by atoms with Crippen LogP contribution in [0.5, 0.6) is 0 Å². The molecule has 116 valence electrons. The van der Waals surface area contributed by atoms with E-state index in [1.54, 1.807) is 36.6 Å². The summed E-state index contributed by atoms with van der Waals surface area (Å²) in [5, 5.41) is 16.4. The Balaban J connectivity index is 2.16. The first kappa shape index (κ1) is 16.5. The number of thiophene rings is 1. The van der Waals surface area contributed by atoms with Crippen molar-refractivity contribution >= 4 is 40.4 Å². The standard InChI is InChI=1S/C15H15ClN2O3S/c1-9(8-19)17-14(20)10-4-5-11(16)12(7-10)18-15(21)13-3-2-6-22-13/h2-7,9,19H,8H2,1H3,(H,17,20)(H,18,21). The van der Waals surface area contributed by atoms with Crippen molar-refractivity contribution in [2.24, 2.45) is 0 Å². The Labute approximate surface area is 136 Å². The number of anilines is 1. The van der Waals surface area contributed by atoms with E-state index in [9.17, 15) is 9.59 Å². The van der Waals surface area contributed by atoms with Gasteiger partial charge in [0.25, 0.3) is 11.8 Å². The molecule has 22 heavy (non-hydrogen) atoms. The zero-order valence-corrected chi connectivity index (χ0v) is 13.4. The fourth-order valence-corrected chi connectivity index (χ4v) is 2.49. The number of hydrogen-bond donors (Lipinski definition) is 3. The summed E-state index contributed by atoms with van der Waals surface area (Å²) in [5.41, 5.74) is 0.718. The molecule has 0 spiro atoms. The fraction of sp³-hybridized carbons (Fsp3) is 0.200. The highest BCUT2D eigenvalue weighted by Crippen LogP contribution is 2.24. The second kappa shape index (κ2) is 7.40. The van der Waals surface area contributed by atoms with E-state index >= 15 is 0 Å². The molecule has 2 rings (SSSR count). The predicted molar refractivity (Wildman–Crippen MR) is 87.7 cm³/mol. The van der Waals surface area contributed by atoms with Gasteiger partial charge < -0.3 is 15.7 Å². The van der Waals surface area contributed by atoms with Crippen LogP contribution in [0.1, 0.15) is 27.0 Å². The van der Waals surface area contributed by atoms with Crippen molar-refractivity contribution in [1.29, 1.82) is 0 Å². The molecule has 0 aliphatic carbocycles. The molecule has 2 amide bonds. The molecule has 1 atom stereocenters. The average Bonchev–Trinajstić information content (AvgIpc) is 3.03. The number of hydrogen-bond acceptors (Lipinski definition) is 4. The molecule has 0 aliphatic heterocycles. The van der Waals surface area contributed by atoms with Crippen LogP contribution in [0.4, 0.5) is 5.69 Å². The molecule has 0 saturated carbocycles. The van der Waals surface area contributed by atoms with Gasteiger partial charge in [-0.1, -0.05) is 17.7 Å². The predicted octanol–water partition coefficient (Wildman–Crippen LogP) is 2.76. The van der Waals surface area contributed by atoms with E-state index in [4.69, 9.17) is 16.7 Å². The zero-order chi connectivity index (χ0) is 16.1. The van der Waals surface area contributed by atoms with Gasteiger partial charge in [-0.15, -0.1) is 11.3 Å². The summed E-state index contributed by atoms with van der Waals surface area (Å²) in [4.78, 5) is 24.6. The third-order valence-electron chi connectivity index (χ3n) is 2.87. The first-order chi connectivity index (χ1) is 10.5. The summed E-state index contributed by atoms with van der Waals surface area (Å²) in [6.45, 7) is 1.54. The monoisotopic (exact) mass is 338 g/mol. The molecule has 0 saturated heterocycles. The molecule has 5 nitrogen and oxygen atoms in total. The molecule has 3 N–H and O–H groups in total. The van der Waals surface area contributed by atoms with Gasteiger partial charge in [0.15, 0.2) is 0 Å². The number of amides is 2. The number of aliphatic hydroxyl groups is 1. The van der Waals surface area contributed by atoms with Gasteiger partial charge in [-0.05, 0) is 36.6 Å². The van der Waals surface area contributed by atoms with E-state index in [0.717, 1.165) is 0 Å². The molecule has 0 bridgehead atoms. The number of benzene rings is 1. The van der Waals surface area contributed by atoms with E-state index in [-0.39, 0.29) is 24.5 Å². The van der Waals surface area contributed by atoms with Crippen LogP contribution in [0.3, 0.4) is 0 Å². The van der Waals surface area contributed by atoms with Crippen molar-refractivity contribution < 1.29 is 14.7 Å². The number of carbonyl (C=O) groups is 2. The second-order valence-electron chi connectivity index (χ2n) is 4.68. The van der Waals surface area contributed by atoms with E-state index in [0.29, 0.717) is 21.2 Å². The van der Waals surface area contributed by atoms with Crippen molar-refractivity contribution in [3.05, 3.63) is 51.2 Å². The number of halogens is 1. The minimum absolute atomic E-state index is 0.151. The van der Waals surface area contributed by atoms with E-state index in [1.165, 1.54) is 17.4 Å². The molecule has 1 unspecified atom stereocenters. The lowest BCUT2D eigenvalue weighted by molar-refractivity contribution is 0.0921. The number of carbonyl (C=O) groups excluding carboxylic acids is 2. The molecule has 1 aromatic heterocycles. The molecule has 0 radical (unpaired) electrons. The maximum absolute atomic E-state index is 12.0. The maximum Gasteiger partial charge on any atom is 0.265 e. The Morgan fingerprint density at radius 2 is 2.09 bits per heavy atom. The van der Waals surface area contributed by atoms with Crippen LogP contribution in [0, 0.1) is 0 Å². The minimum atomic E-state index is -0.354. The average molecular weight is 339 g/mol. The second-order valence-corrected chi connectivity index (χ2v) is 6.04. The van der Waals surface area contributed by atoms with E-state index < -0.39 is 0 Å². The SMILES string of the molecule is CC(CO)NC(=O)c1ccc(Cl)c(NC(=O)c2cccs2)c1. The van der Waals surface area contributed by atoms with Crippen LogP contribution in [-0.4, -0.2) is 29.6 Å². The highest BCUT2D eigenvalue weighted by Gasteiger charge is 2.14. The first-order valence-electron chi connectivity index (χ1n) is 6.57. The van der Waals surface area contributed by atoms with Crippen LogP contribution >= 0.6 is 22.9 Å². The van der Waals surface area contributed by atoms with Gasteiger partial charge in [-0.25, -0.2) is 0 Å². The van der Waals surface area contributed by atoms with Crippen molar-refractivity contribution in [3.8, 4) is 0 Å². The molecule has 0 fully saturated rings. The lowest BCUT2D eigenvalue weighted by Crippen LogP contribution is -2.35. The Bertz CT molecular complexity index is 673. The molecule has 0 aliphatic rings. The number of aliphatic hydroxyl groups excluding tert-OH is 1. The van der Waals surface area contributed by atoms with Crippen LogP contribution in [0.15, 0.2) is 35.7 Å². The normalized spacial score (nSPS) is 11.8. The van der Waals surface area contributed by atoms with Gasteiger partial charge in [0.05, 0.1) is 22.2 Å². The van der Waals surface area contributed by atoms with Crippen molar-refractivity contribution in [3.63, 3.8) is 0 Å². The highest BCUT2D eigenvalue weighted by atomic mass is 35.5. The number of rotatable bonds is 5. The Morgan fingerprint density at radius 3 is 2.73 bits per heavy atom. The molecule has 2 aromatic rings. The maximum atomic E-state index is 12.0. The smallest absolute Gasteiger partial charge is 0.265 e. The summed E-state index contributed by atoms with van der Waals surface area (Å²) in [6, 6.07) is 7.74. The summed E-state index contributed by atoms with van der Waals surface area (Å²) in [5.74, 6) is -0.622. The van der Waals surface area contributed by atoms with Gasteiger partial charge >= 0.3 is 0 Å². The fourth-order valence-electron chi connectivity index (χ4n) is 1.71. The lowest BCUT2D eigenvalue weighted by Gasteiger charge is -2.12. The van der Waals surface area contributed by atoms with Crippen molar-refractivity contribution in [2.45, 2.75) is 13.0 Å². The summed E-state index contributed by atoms with van der Waals surface area (Å²) >= 11 is 7.37. The van der Waals surface area contributed by atoms with Crippen LogP contribution in [0.2, 0.25) is 5.02 Å². The molecular weight excluding hydrogens is 324 g/mol. The van der Waals surface area contributed by atoms with Gasteiger partial charge in [-0.2, -0.15) is 0 Å². The van der Waals surface area contributed by atoms with Gasteiger partial charge in [0.2, 0.25) is 0 Å².